The van der Waals surface area contributed by atoms with Gasteiger partial charge in [0.25, 0.3) is 0 Å². The van der Waals surface area contributed by atoms with Crippen molar-refractivity contribution in [3.8, 4) is 5.75 Å². The Labute approximate surface area is 181 Å². The number of hydrogen-bond donors (Lipinski definition) is 0. The minimum absolute atomic E-state index is 0.0914. The second-order valence-corrected chi connectivity index (χ2v) is 8.81. The van der Waals surface area contributed by atoms with E-state index in [0.717, 1.165) is 49.8 Å². The molecule has 1 aromatic carbocycles. The third kappa shape index (κ3) is 4.50. The van der Waals surface area contributed by atoms with Crippen molar-refractivity contribution >= 4 is 11.9 Å². The average molecular weight is 416 g/mol. The van der Waals surface area contributed by atoms with Crippen LogP contribution in [0.3, 0.4) is 0 Å². The number of amides is 1. The van der Waals surface area contributed by atoms with E-state index >= 15 is 0 Å². The molecule has 2 aliphatic heterocycles. The third-order valence-electron chi connectivity index (χ3n) is 6.74. The van der Waals surface area contributed by atoms with Crippen molar-refractivity contribution < 1.29 is 19.1 Å². The molecule has 0 spiro atoms. The Hall–Kier alpha value is -2.04. The number of methoxy groups -OCH3 is 1. The molecule has 3 unspecified atom stereocenters. The zero-order chi connectivity index (χ0) is 21.6. The Morgan fingerprint density at radius 3 is 2.23 bits per heavy atom. The van der Waals surface area contributed by atoms with Crippen LogP contribution in [0, 0.1) is 5.92 Å². The van der Waals surface area contributed by atoms with Crippen LogP contribution in [-0.2, 0) is 20.9 Å². The fourth-order valence-electron chi connectivity index (χ4n) is 5.06. The van der Waals surface area contributed by atoms with Crippen molar-refractivity contribution in [3.05, 3.63) is 29.8 Å². The Kier molecular flexibility index (Phi) is 7.79. The molecule has 166 valence electrons. The first-order chi connectivity index (χ1) is 14.6. The summed E-state index contributed by atoms with van der Waals surface area (Å²) in [7, 11) is 1.64. The minimum atomic E-state index is -0.611. The van der Waals surface area contributed by atoms with Gasteiger partial charge in [-0.15, -0.1) is 0 Å². The summed E-state index contributed by atoms with van der Waals surface area (Å²) in [5.41, 5.74) is 0.399. The fourth-order valence-corrected chi connectivity index (χ4v) is 5.06. The lowest BCUT2D eigenvalue weighted by Gasteiger charge is -2.47. The summed E-state index contributed by atoms with van der Waals surface area (Å²) in [5, 5.41) is 0. The predicted molar refractivity (Wildman–Crippen MR) is 117 cm³/mol. The average Bonchev–Trinajstić information content (AvgIpc) is 2.92. The van der Waals surface area contributed by atoms with Crippen molar-refractivity contribution in [2.45, 2.75) is 96.2 Å². The molecule has 0 aromatic heterocycles. The SMILES string of the molecule is CCCCCCC1C(=O)N(Cc2ccc(OC)cc2)C2C(=O)OC12CCCCCC. The summed E-state index contributed by atoms with van der Waals surface area (Å²) in [6.07, 6.45) is 10.6. The molecule has 3 atom stereocenters. The van der Waals surface area contributed by atoms with Gasteiger partial charge in [0.2, 0.25) is 5.91 Å². The number of ether oxygens (including phenoxy) is 2. The summed E-state index contributed by atoms with van der Waals surface area (Å²) in [5.74, 6) is 0.447. The molecular weight excluding hydrogens is 378 g/mol. The molecule has 5 heteroatoms. The molecule has 0 N–H and O–H groups in total. The number of hydrogen-bond acceptors (Lipinski definition) is 4. The van der Waals surface area contributed by atoms with Crippen LogP contribution in [0.25, 0.3) is 0 Å². The lowest BCUT2D eigenvalue weighted by atomic mass is 9.74. The first kappa shape index (κ1) is 22.6. The molecule has 2 aliphatic rings. The van der Waals surface area contributed by atoms with Crippen molar-refractivity contribution in [3.63, 3.8) is 0 Å². The highest BCUT2D eigenvalue weighted by atomic mass is 16.6. The molecule has 0 aliphatic carbocycles. The quantitative estimate of drug-likeness (QED) is 0.326. The first-order valence-corrected chi connectivity index (χ1v) is 11.7. The number of carbonyl (C=O) groups is 2. The Balaban J connectivity index is 1.77. The molecule has 2 saturated heterocycles. The van der Waals surface area contributed by atoms with E-state index in [2.05, 4.69) is 13.8 Å². The van der Waals surface area contributed by atoms with Crippen molar-refractivity contribution in [1.82, 2.24) is 4.90 Å². The van der Waals surface area contributed by atoms with Crippen LogP contribution in [0.1, 0.15) is 83.6 Å². The third-order valence-corrected chi connectivity index (χ3v) is 6.74. The van der Waals surface area contributed by atoms with Crippen LogP contribution in [0.4, 0.5) is 0 Å². The molecule has 30 heavy (non-hydrogen) atoms. The van der Waals surface area contributed by atoms with E-state index in [4.69, 9.17) is 9.47 Å². The molecular formula is C25H37NO4. The number of carbonyl (C=O) groups excluding carboxylic acids is 2. The van der Waals surface area contributed by atoms with Crippen LogP contribution < -0.4 is 4.74 Å². The van der Waals surface area contributed by atoms with Crippen LogP contribution in [0.5, 0.6) is 5.75 Å². The summed E-state index contributed by atoms with van der Waals surface area (Å²) in [6.45, 7) is 4.83. The van der Waals surface area contributed by atoms with Crippen molar-refractivity contribution in [2.75, 3.05) is 7.11 Å². The maximum absolute atomic E-state index is 13.5. The summed E-state index contributed by atoms with van der Waals surface area (Å²) in [4.78, 5) is 27.8. The maximum atomic E-state index is 13.5. The van der Waals surface area contributed by atoms with Crippen molar-refractivity contribution in [1.29, 1.82) is 0 Å². The first-order valence-electron chi connectivity index (χ1n) is 11.7. The molecule has 0 saturated carbocycles. The number of nitrogens with zero attached hydrogens (tertiary/aromatic N) is 1. The molecule has 2 fully saturated rings. The predicted octanol–water partition coefficient (Wildman–Crippen LogP) is 5.26. The smallest absolute Gasteiger partial charge is 0.333 e. The van der Waals surface area contributed by atoms with Gasteiger partial charge in [-0.05, 0) is 37.0 Å². The van der Waals surface area contributed by atoms with Gasteiger partial charge in [0.05, 0.1) is 13.0 Å². The standard InChI is InChI=1S/C25H37NO4/c1-4-6-8-10-12-21-23(27)26(18-19-13-15-20(29-3)16-14-19)22-24(28)30-25(21,22)17-11-9-7-5-2/h13-16,21-22H,4-12,17-18H2,1-3H3. The number of rotatable bonds is 13. The van der Waals surface area contributed by atoms with E-state index in [1.54, 1.807) is 12.0 Å². The lowest BCUT2D eigenvalue weighted by Crippen LogP contribution is -2.65. The number of likely N-dealkylation sites (tertiary alicyclic amines) is 1. The second kappa shape index (κ2) is 10.3. The molecule has 5 nitrogen and oxygen atoms in total. The number of esters is 1. The number of fused-ring (bicyclic) bond motifs is 1. The van der Waals surface area contributed by atoms with Crippen molar-refractivity contribution in [2.24, 2.45) is 5.92 Å². The maximum Gasteiger partial charge on any atom is 0.333 e. The largest absolute Gasteiger partial charge is 0.497 e. The van der Waals surface area contributed by atoms with Gasteiger partial charge in [-0.1, -0.05) is 70.9 Å². The molecule has 0 bridgehead atoms. The topological polar surface area (TPSA) is 55.8 Å². The van der Waals surface area contributed by atoms with Gasteiger partial charge in [-0.3, -0.25) is 4.79 Å². The van der Waals surface area contributed by atoms with Gasteiger partial charge in [0.1, 0.15) is 5.75 Å². The Morgan fingerprint density at radius 1 is 0.967 bits per heavy atom. The van der Waals surface area contributed by atoms with E-state index in [0.29, 0.717) is 6.54 Å². The normalized spacial score (nSPS) is 25.1. The monoisotopic (exact) mass is 415 g/mol. The fraction of sp³-hybridized carbons (Fsp3) is 0.680. The molecule has 2 heterocycles. The van der Waals surface area contributed by atoms with Gasteiger partial charge in [-0.2, -0.15) is 0 Å². The Bertz CT molecular complexity index is 716. The van der Waals surface area contributed by atoms with E-state index in [9.17, 15) is 9.59 Å². The number of benzene rings is 1. The van der Waals surface area contributed by atoms with Crippen LogP contribution >= 0.6 is 0 Å². The lowest BCUT2D eigenvalue weighted by molar-refractivity contribution is -0.212. The van der Waals surface area contributed by atoms with Crippen LogP contribution in [-0.4, -0.2) is 35.5 Å². The zero-order valence-electron chi connectivity index (χ0n) is 18.8. The second-order valence-electron chi connectivity index (χ2n) is 8.81. The van der Waals surface area contributed by atoms with E-state index in [-0.39, 0.29) is 17.8 Å². The number of unbranched alkanes of at least 4 members (excludes halogenated alkanes) is 6. The van der Waals surface area contributed by atoms with E-state index in [1.165, 1.54) is 25.7 Å². The summed E-state index contributed by atoms with van der Waals surface area (Å²) < 4.78 is 11.1. The summed E-state index contributed by atoms with van der Waals surface area (Å²) >= 11 is 0. The minimum Gasteiger partial charge on any atom is -0.497 e. The highest BCUT2D eigenvalue weighted by Crippen LogP contribution is 2.51. The molecule has 3 rings (SSSR count). The molecule has 0 radical (unpaired) electrons. The Morgan fingerprint density at radius 2 is 1.63 bits per heavy atom. The van der Waals surface area contributed by atoms with E-state index < -0.39 is 11.6 Å². The zero-order valence-corrected chi connectivity index (χ0v) is 18.8. The molecule has 1 amide bonds. The van der Waals surface area contributed by atoms with Gasteiger partial charge < -0.3 is 14.4 Å². The van der Waals surface area contributed by atoms with Crippen LogP contribution in [0.2, 0.25) is 0 Å². The van der Waals surface area contributed by atoms with E-state index in [1.807, 2.05) is 24.3 Å². The van der Waals surface area contributed by atoms with Gasteiger partial charge >= 0.3 is 5.97 Å². The van der Waals surface area contributed by atoms with Gasteiger partial charge in [0.15, 0.2) is 11.6 Å². The molecule has 1 aromatic rings. The van der Waals surface area contributed by atoms with Gasteiger partial charge in [0, 0.05) is 6.54 Å². The highest BCUT2D eigenvalue weighted by molar-refractivity contribution is 5.97. The van der Waals surface area contributed by atoms with Gasteiger partial charge in [-0.25, -0.2) is 4.79 Å². The summed E-state index contributed by atoms with van der Waals surface area (Å²) in [6, 6.07) is 7.30. The van der Waals surface area contributed by atoms with Crippen LogP contribution in [0.15, 0.2) is 24.3 Å². The highest BCUT2D eigenvalue weighted by Gasteiger charge is 2.70.